The number of carbonyl (C=O) groups is 1. The lowest BCUT2D eigenvalue weighted by molar-refractivity contribution is -0.116. The molecule has 94 valence electrons. The van der Waals surface area contributed by atoms with E-state index in [-0.39, 0.29) is 18.4 Å². The molecule has 0 saturated heterocycles. The van der Waals surface area contributed by atoms with Crippen LogP contribution in [0.25, 0.3) is 0 Å². The fourth-order valence-electron chi connectivity index (χ4n) is 1.40. The predicted molar refractivity (Wildman–Crippen MR) is 66.4 cm³/mol. The van der Waals surface area contributed by atoms with Gasteiger partial charge in [0.05, 0.1) is 19.9 Å². The third-order valence-corrected chi connectivity index (χ3v) is 2.19. The van der Waals surface area contributed by atoms with Gasteiger partial charge in [-0.1, -0.05) is 0 Å². The highest BCUT2D eigenvalue weighted by atomic mass is 16.5. The molecule has 0 spiro atoms. The molecule has 5 heteroatoms. The van der Waals surface area contributed by atoms with Crippen molar-refractivity contribution < 1.29 is 14.3 Å². The topological polar surface area (TPSA) is 73.6 Å². The van der Waals surface area contributed by atoms with Gasteiger partial charge < -0.3 is 20.5 Å². The van der Waals surface area contributed by atoms with Crippen molar-refractivity contribution in [2.24, 2.45) is 5.73 Å². The molecule has 1 unspecified atom stereocenters. The lowest BCUT2D eigenvalue weighted by Gasteiger charge is -2.12. The molecule has 1 atom stereocenters. The van der Waals surface area contributed by atoms with Gasteiger partial charge >= 0.3 is 0 Å². The van der Waals surface area contributed by atoms with E-state index >= 15 is 0 Å². The first kappa shape index (κ1) is 13.3. The summed E-state index contributed by atoms with van der Waals surface area (Å²) in [5.74, 6) is 1.10. The quantitative estimate of drug-likeness (QED) is 0.812. The molecule has 0 aliphatic rings. The highest BCUT2D eigenvalue weighted by molar-refractivity contribution is 5.92. The third kappa shape index (κ3) is 3.96. The second-order valence-corrected chi connectivity index (χ2v) is 3.80. The Morgan fingerprint density at radius 2 is 2.12 bits per heavy atom. The van der Waals surface area contributed by atoms with E-state index in [1.807, 2.05) is 0 Å². The lowest BCUT2D eigenvalue weighted by Crippen LogP contribution is -2.24. The van der Waals surface area contributed by atoms with Crippen molar-refractivity contribution in [3.8, 4) is 11.5 Å². The van der Waals surface area contributed by atoms with E-state index < -0.39 is 0 Å². The fourth-order valence-corrected chi connectivity index (χ4v) is 1.40. The molecule has 0 aliphatic heterocycles. The van der Waals surface area contributed by atoms with Crippen molar-refractivity contribution in [2.45, 2.75) is 19.4 Å². The molecular formula is C12H18N2O3. The standard InChI is InChI=1S/C12H18N2O3/c1-8(13)6-12(15)14-10-5-4-9(16-2)7-11(10)17-3/h4-5,7-8H,6,13H2,1-3H3,(H,14,15). The minimum Gasteiger partial charge on any atom is -0.497 e. The van der Waals surface area contributed by atoms with Gasteiger partial charge in [-0.05, 0) is 19.1 Å². The molecule has 1 amide bonds. The van der Waals surface area contributed by atoms with Gasteiger partial charge in [-0.3, -0.25) is 4.79 Å². The molecule has 5 nitrogen and oxygen atoms in total. The minimum atomic E-state index is -0.167. The number of nitrogens with one attached hydrogen (secondary N) is 1. The van der Waals surface area contributed by atoms with Gasteiger partial charge in [0.1, 0.15) is 11.5 Å². The molecule has 0 heterocycles. The number of amides is 1. The normalized spacial score (nSPS) is 11.8. The van der Waals surface area contributed by atoms with Crippen molar-refractivity contribution in [1.29, 1.82) is 0 Å². The minimum absolute atomic E-state index is 0.136. The molecule has 1 rings (SSSR count). The van der Waals surface area contributed by atoms with Crippen LogP contribution >= 0.6 is 0 Å². The molecule has 1 aromatic carbocycles. The molecule has 0 aliphatic carbocycles. The Balaban J connectivity index is 2.80. The summed E-state index contributed by atoms with van der Waals surface area (Å²) in [4.78, 5) is 11.6. The number of ether oxygens (including phenoxy) is 2. The van der Waals surface area contributed by atoms with Crippen LogP contribution in [0.1, 0.15) is 13.3 Å². The first-order valence-electron chi connectivity index (χ1n) is 5.34. The molecule has 0 saturated carbocycles. The summed E-state index contributed by atoms with van der Waals surface area (Å²) in [6.45, 7) is 1.78. The largest absolute Gasteiger partial charge is 0.497 e. The Labute approximate surface area is 101 Å². The van der Waals surface area contributed by atoms with Crippen molar-refractivity contribution in [3.63, 3.8) is 0 Å². The van der Waals surface area contributed by atoms with E-state index in [4.69, 9.17) is 15.2 Å². The van der Waals surface area contributed by atoms with Crippen molar-refractivity contribution >= 4 is 11.6 Å². The zero-order chi connectivity index (χ0) is 12.8. The van der Waals surface area contributed by atoms with E-state index in [9.17, 15) is 4.79 Å². The fraction of sp³-hybridized carbons (Fsp3) is 0.417. The summed E-state index contributed by atoms with van der Waals surface area (Å²) in [5.41, 5.74) is 6.16. The molecular weight excluding hydrogens is 220 g/mol. The predicted octanol–water partition coefficient (Wildman–Crippen LogP) is 1.38. The van der Waals surface area contributed by atoms with Crippen molar-refractivity contribution in [3.05, 3.63) is 18.2 Å². The Morgan fingerprint density at radius 1 is 1.41 bits per heavy atom. The van der Waals surface area contributed by atoms with Crippen LogP contribution in [-0.2, 0) is 4.79 Å². The number of nitrogens with two attached hydrogens (primary N) is 1. The van der Waals surface area contributed by atoms with E-state index in [1.165, 1.54) is 7.11 Å². The van der Waals surface area contributed by atoms with E-state index in [1.54, 1.807) is 32.2 Å². The summed E-state index contributed by atoms with van der Waals surface area (Å²) in [7, 11) is 3.11. The van der Waals surface area contributed by atoms with Gasteiger partial charge in [-0.2, -0.15) is 0 Å². The third-order valence-electron chi connectivity index (χ3n) is 2.19. The van der Waals surface area contributed by atoms with Gasteiger partial charge in [0.15, 0.2) is 0 Å². The first-order valence-corrected chi connectivity index (χ1v) is 5.34. The molecule has 0 aromatic heterocycles. The number of rotatable bonds is 5. The molecule has 17 heavy (non-hydrogen) atoms. The molecule has 0 radical (unpaired) electrons. The van der Waals surface area contributed by atoms with Crippen LogP contribution in [0.4, 0.5) is 5.69 Å². The van der Waals surface area contributed by atoms with Crippen LogP contribution < -0.4 is 20.5 Å². The second kappa shape index (κ2) is 6.10. The number of benzene rings is 1. The van der Waals surface area contributed by atoms with Crippen molar-refractivity contribution in [2.75, 3.05) is 19.5 Å². The maximum absolute atomic E-state index is 11.6. The molecule has 0 bridgehead atoms. The first-order chi connectivity index (χ1) is 8.06. The number of hydrogen-bond acceptors (Lipinski definition) is 4. The van der Waals surface area contributed by atoms with Crippen LogP contribution in [-0.4, -0.2) is 26.2 Å². The second-order valence-electron chi connectivity index (χ2n) is 3.80. The average molecular weight is 238 g/mol. The molecule has 3 N–H and O–H groups in total. The number of hydrogen-bond donors (Lipinski definition) is 2. The van der Waals surface area contributed by atoms with Crippen LogP contribution in [0, 0.1) is 0 Å². The molecule has 1 aromatic rings. The summed E-state index contributed by atoms with van der Waals surface area (Å²) < 4.78 is 10.2. The Hall–Kier alpha value is -1.75. The summed E-state index contributed by atoms with van der Waals surface area (Å²) in [5, 5.41) is 2.74. The van der Waals surface area contributed by atoms with E-state index in [0.717, 1.165) is 0 Å². The number of methoxy groups -OCH3 is 2. The van der Waals surface area contributed by atoms with Gasteiger partial charge in [-0.25, -0.2) is 0 Å². The van der Waals surface area contributed by atoms with Crippen LogP contribution in [0.5, 0.6) is 11.5 Å². The van der Waals surface area contributed by atoms with Crippen LogP contribution in [0.2, 0.25) is 0 Å². The lowest BCUT2D eigenvalue weighted by atomic mass is 10.2. The zero-order valence-corrected chi connectivity index (χ0v) is 10.3. The Kier molecular flexibility index (Phi) is 4.78. The van der Waals surface area contributed by atoms with E-state index in [2.05, 4.69) is 5.32 Å². The van der Waals surface area contributed by atoms with Gasteiger partial charge in [-0.15, -0.1) is 0 Å². The summed E-state index contributed by atoms with van der Waals surface area (Å²) in [6, 6.07) is 5.03. The molecule has 0 fully saturated rings. The average Bonchev–Trinajstić information content (AvgIpc) is 2.28. The van der Waals surface area contributed by atoms with Crippen LogP contribution in [0.15, 0.2) is 18.2 Å². The monoisotopic (exact) mass is 238 g/mol. The van der Waals surface area contributed by atoms with Gasteiger partial charge in [0.25, 0.3) is 0 Å². The van der Waals surface area contributed by atoms with Crippen molar-refractivity contribution in [1.82, 2.24) is 0 Å². The number of carbonyl (C=O) groups excluding carboxylic acids is 1. The maximum atomic E-state index is 11.6. The maximum Gasteiger partial charge on any atom is 0.226 e. The highest BCUT2D eigenvalue weighted by Crippen LogP contribution is 2.29. The van der Waals surface area contributed by atoms with E-state index in [0.29, 0.717) is 17.2 Å². The zero-order valence-electron chi connectivity index (χ0n) is 10.3. The van der Waals surface area contributed by atoms with Crippen LogP contribution in [0.3, 0.4) is 0 Å². The summed E-state index contributed by atoms with van der Waals surface area (Å²) >= 11 is 0. The smallest absolute Gasteiger partial charge is 0.226 e. The SMILES string of the molecule is COc1ccc(NC(=O)CC(C)N)c(OC)c1. The summed E-state index contributed by atoms with van der Waals surface area (Å²) in [6.07, 6.45) is 0.273. The Morgan fingerprint density at radius 3 is 2.65 bits per heavy atom. The number of anilines is 1. The Bertz CT molecular complexity index is 391. The van der Waals surface area contributed by atoms with Gasteiger partial charge in [0.2, 0.25) is 5.91 Å². The highest BCUT2D eigenvalue weighted by Gasteiger charge is 2.10. The van der Waals surface area contributed by atoms with Gasteiger partial charge in [0, 0.05) is 18.5 Å².